The summed E-state index contributed by atoms with van der Waals surface area (Å²) >= 11 is 0. The predicted octanol–water partition coefficient (Wildman–Crippen LogP) is 13.0. The Morgan fingerprint density at radius 1 is 0.333 bits per heavy atom. The van der Waals surface area contributed by atoms with Crippen LogP contribution in [0.3, 0.4) is 0 Å². The van der Waals surface area contributed by atoms with Crippen molar-refractivity contribution in [3.05, 3.63) is 182 Å². The van der Waals surface area contributed by atoms with E-state index in [1.807, 2.05) is 18.2 Å². The minimum atomic E-state index is 0.813. The fourth-order valence-corrected chi connectivity index (χ4v) is 8.82. The first-order valence-corrected chi connectivity index (χ1v) is 18.4. The van der Waals surface area contributed by atoms with Crippen molar-refractivity contribution in [2.24, 2.45) is 0 Å². The molecule has 4 heteroatoms. The second-order valence-corrected chi connectivity index (χ2v) is 14.2. The van der Waals surface area contributed by atoms with Crippen LogP contribution in [-0.2, 0) is 0 Å². The summed E-state index contributed by atoms with van der Waals surface area (Å²) in [4.78, 5) is 10.8. The van der Waals surface area contributed by atoms with Gasteiger partial charge in [0.1, 0.15) is 5.69 Å². The molecule has 54 heavy (non-hydrogen) atoms. The monoisotopic (exact) mass is 686 g/mol. The molecular weight excluding hydrogens is 657 g/mol. The molecule has 0 bridgehead atoms. The molecular formula is C50H30N4. The van der Waals surface area contributed by atoms with Crippen LogP contribution in [-0.4, -0.2) is 19.1 Å². The number of para-hydroxylation sites is 2. The molecule has 0 saturated heterocycles. The summed E-state index contributed by atoms with van der Waals surface area (Å²) in [5, 5.41) is 12.2. The number of hydrogen-bond acceptors (Lipinski definition) is 2. The highest BCUT2D eigenvalue weighted by atomic mass is 15.1. The van der Waals surface area contributed by atoms with E-state index in [4.69, 9.17) is 9.97 Å². The van der Waals surface area contributed by atoms with Gasteiger partial charge in [0.2, 0.25) is 0 Å². The molecule has 0 atom stereocenters. The molecule has 3 aromatic heterocycles. The van der Waals surface area contributed by atoms with Gasteiger partial charge in [0.15, 0.2) is 5.82 Å². The summed E-state index contributed by atoms with van der Waals surface area (Å²) < 4.78 is 4.81. The van der Waals surface area contributed by atoms with E-state index >= 15 is 0 Å². The van der Waals surface area contributed by atoms with Crippen molar-refractivity contribution in [1.82, 2.24) is 19.1 Å². The number of fused-ring (bicyclic) bond motifs is 12. The first-order chi connectivity index (χ1) is 26.8. The molecule has 0 radical (unpaired) electrons. The Kier molecular flexibility index (Phi) is 6.02. The molecule has 0 aliphatic heterocycles. The van der Waals surface area contributed by atoms with E-state index < -0.39 is 0 Å². The Balaban J connectivity index is 1.31. The standard InChI is InChI=1S/C50H30N4/c1-2-15-34(16-3-1)49-50(52-42-21-11-10-20-41(42)51-49)54-44-27-24-33-14-7-9-19-38(33)48(44)40-29-39-45(30-46(40)54)53(36-25-22-31-12-4-5-17-35(31)28-36)43-26-23-32-13-6-8-18-37(32)47(39)43/h1-30H. The molecule has 0 N–H and O–H groups in total. The van der Waals surface area contributed by atoms with Crippen LogP contribution in [0.4, 0.5) is 0 Å². The lowest BCUT2D eigenvalue weighted by Crippen LogP contribution is -2.04. The summed E-state index contributed by atoms with van der Waals surface area (Å²) in [6, 6.07) is 65.5. The van der Waals surface area contributed by atoms with Crippen molar-refractivity contribution < 1.29 is 0 Å². The Morgan fingerprint density at radius 2 is 0.870 bits per heavy atom. The average Bonchev–Trinajstić information content (AvgIpc) is 3.74. The molecule has 12 rings (SSSR count). The molecule has 4 nitrogen and oxygen atoms in total. The maximum Gasteiger partial charge on any atom is 0.165 e. The lowest BCUT2D eigenvalue weighted by molar-refractivity contribution is 1.08. The molecule has 0 spiro atoms. The number of rotatable bonds is 3. The summed E-state index contributed by atoms with van der Waals surface area (Å²) in [5.41, 5.74) is 9.26. The van der Waals surface area contributed by atoms with Crippen molar-refractivity contribution in [2.45, 2.75) is 0 Å². The lowest BCUT2D eigenvalue weighted by Gasteiger charge is -2.14. The van der Waals surface area contributed by atoms with Crippen molar-refractivity contribution in [1.29, 1.82) is 0 Å². The molecule has 0 fully saturated rings. The average molecular weight is 687 g/mol. The van der Waals surface area contributed by atoms with Gasteiger partial charge in [0, 0.05) is 32.8 Å². The van der Waals surface area contributed by atoms with E-state index in [1.165, 1.54) is 59.4 Å². The smallest absolute Gasteiger partial charge is 0.165 e. The highest BCUT2D eigenvalue weighted by Crippen LogP contribution is 2.44. The van der Waals surface area contributed by atoms with Crippen molar-refractivity contribution in [2.75, 3.05) is 0 Å². The third-order valence-corrected chi connectivity index (χ3v) is 11.2. The Hall–Kier alpha value is -7.30. The van der Waals surface area contributed by atoms with Gasteiger partial charge in [0.05, 0.1) is 33.1 Å². The molecule has 250 valence electrons. The van der Waals surface area contributed by atoms with Gasteiger partial charge in [-0.3, -0.25) is 4.57 Å². The molecule has 0 aliphatic rings. The Labute approximate surface area is 309 Å². The van der Waals surface area contributed by atoms with E-state index in [1.54, 1.807) is 0 Å². The van der Waals surface area contributed by atoms with Gasteiger partial charge in [-0.05, 0) is 80.8 Å². The lowest BCUT2D eigenvalue weighted by atomic mass is 10.0. The second-order valence-electron chi connectivity index (χ2n) is 14.2. The zero-order chi connectivity index (χ0) is 35.3. The third kappa shape index (κ3) is 4.13. The highest BCUT2D eigenvalue weighted by molar-refractivity contribution is 6.28. The van der Waals surface area contributed by atoms with Crippen LogP contribution >= 0.6 is 0 Å². The minimum absolute atomic E-state index is 0.813. The first kappa shape index (κ1) is 29.3. The van der Waals surface area contributed by atoms with Crippen LogP contribution in [0.1, 0.15) is 0 Å². The maximum atomic E-state index is 5.45. The van der Waals surface area contributed by atoms with Gasteiger partial charge in [-0.15, -0.1) is 0 Å². The fourth-order valence-electron chi connectivity index (χ4n) is 8.82. The molecule has 0 unspecified atom stereocenters. The van der Waals surface area contributed by atoms with Crippen molar-refractivity contribution in [3.63, 3.8) is 0 Å². The molecule has 3 heterocycles. The van der Waals surface area contributed by atoms with Crippen LogP contribution in [0.5, 0.6) is 0 Å². The summed E-state index contributed by atoms with van der Waals surface area (Å²) in [7, 11) is 0. The molecule has 9 aromatic carbocycles. The molecule has 0 saturated carbocycles. The second kappa shape index (κ2) is 11.1. The fraction of sp³-hybridized carbons (Fsp3) is 0. The van der Waals surface area contributed by atoms with E-state index in [0.29, 0.717) is 0 Å². The predicted molar refractivity (Wildman–Crippen MR) is 226 cm³/mol. The zero-order valence-corrected chi connectivity index (χ0v) is 29.1. The summed E-state index contributed by atoms with van der Waals surface area (Å²) in [6.45, 7) is 0. The Morgan fingerprint density at radius 3 is 1.57 bits per heavy atom. The number of aromatic nitrogens is 4. The van der Waals surface area contributed by atoms with E-state index in [-0.39, 0.29) is 0 Å². The number of nitrogens with zero attached hydrogens (tertiary/aromatic N) is 4. The number of hydrogen-bond donors (Lipinski definition) is 0. The van der Waals surface area contributed by atoms with Gasteiger partial charge < -0.3 is 4.57 Å². The third-order valence-electron chi connectivity index (χ3n) is 11.2. The highest BCUT2D eigenvalue weighted by Gasteiger charge is 2.24. The van der Waals surface area contributed by atoms with Gasteiger partial charge >= 0.3 is 0 Å². The van der Waals surface area contributed by atoms with Crippen LogP contribution < -0.4 is 0 Å². The van der Waals surface area contributed by atoms with Crippen LogP contribution in [0.25, 0.3) is 110 Å². The normalized spacial score (nSPS) is 12.1. The topological polar surface area (TPSA) is 35.6 Å². The van der Waals surface area contributed by atoms with Crippen molar-refractivity contribution >= 4 is 87.0 Å². The maximum absolute atomic E-state index is 5.45. The Bertz CT molecular complexity index is 3500. The van der Waals surface area contributed by atoms with Gasteiger partial charge in [-0.1, -0.05) is 133 Å². The largest absolute Gasteiger partial charge is 0.309 e. The molecule has 0 amide bonds. The molecule has 0 aliphatic carbocycles. The summed E-state index contributed by atoms with van der Waals surface area (Å²) in [6.07, 6.45) is 0. The van der Waals surface area contributed by atoms with Crippen LogP contribution in [0.2, 0.25) is 0 Å². The van der Waals surface area contributed by atoms with Gasteiger partial charge in [-0.25, -0.2) is 9.97 Å². The van der Waals surface area contributed by atoms with Gasteiger partial charge in [-0.2, -0.15) is 0 Å². The van der Waals surface area contributed by atoms with Gasteiger partial charge in [0.25, 0.3) is 0 Å². The molecule has 12 aromatic rings. The minimum Gasteiger partial charge on any atom is -0.309 e. The zero-order valence-electron chi connectivity index (χ0n) is 29.1. The van der Waals surface area contributed by atoms with Crippen LogP contribution in [0.15, 0.2) is 182 Å². The van der Waals surface area contributed by atoms with E-state index in [0.717, 1.165) is 50.3 Å². The first-order valence-electron chi connectivity index (χ1n) is 18.4. The van der Waals surface area contributed by atoms with Crippen molar-refractivity contribution in [3.8, 4) is 22.8 Å². The van der Waals surface area contributed by atoms with Crippen LogP contribution in [0, 0.1) is 0 Å². The van der Waals surface area contributed by atoms with E-state index in [2.05, 4.69) is 173 Å². The summed E-state index contributed by atoms with van der Waals surface area (Å²) in [5.74, 6) is 0.813. The van der Waals surface area contributed by atoms with E-state index in [9.17, 15) is 0 Å². The number of benzene rings is 9. The quantitative estimate of drug-likeness (QED) is 0.185. The SMILES string of the molecule is c1ccc(-c2nc3ccccc3nc2-n2c3cc4c(cc3c3c5ccccc5ccc32)c2c3ccccc3ccc2n4-c2ccc3ccccc3c2)cc1.